The van der Waals surface area contributed by atoms with Crippen LogP contribution < -0.4 is 5.32 Å². The Hall–Kier alpha value is -1.46. The number of hydrogen-bond acceptors (Lipinski definition) is 4. The van der Waals surface area contributed by atoms with Gasteiger partial charge in [-0.15, -0.1) is 0 Å². The summed E-state index contributed by atoms with van der Waals surface area (Å²) in [6.45, 7) is 2.90. The van der Waals surface area contributed by atoms with Crippen molar-refractivity contribution in [3.05, 3.63) is 39.5 Å². The highest BCUT2D eigenvalue weighted by atomic mass is 79.9. The van der Waals surface area contributed by atoms with Crippen molar-refractivity contribution in [2.75, 3.05) is 11.9 Å². The maximum absolute atomic E-state index is 4.64. The van der Waals surface area contributed by atoms with E-state index in [9.17, 15) is 0 Å². The summed E-state index contributed by atoms with van der Waals surface area (Å²) >= 11 is 5.15. The van der Waals surface area contributed by atoms with Crippen molar-refractivity contribution in [1.29, 1.82) is 0 Å². The Kier molecular flexibility index (Phi) is 3.48. The molecule has 0 saturated carbocycles. The van der Waals surface area contributed by atoms with Crippen molar-refractivity contribution >= 4 is 44.0 Å². The fourth-order valence-corrected chi connectivity index (χ4v) is 2.92. The topological polar surface area (TPSA) is 37.8 Å². The maximum atomic E-state index is 4.64. The Morgan fingerprint density at radius 1 is 1.26 bits per heavy atom. The maximum Gasteiger partial charge on any atom is 0.162 e. The van der Waals surface area contributed by atoms with E-state index in [2.05, 4.69) is 43.5 Å². The molecule has 19 heavy (non-hydrogen) atoms. The largest absolute Gasteiger partial charge is 0.370 e. The van der Waals surface area contributed by atoms with Crippen LogP contribution in [0.15, 0.2) is 39.5 Å². The molecule has 0 aliphatic rings. The second-order valence-corrected chi connectivity index (χ2v) is 5.80. The number of halogens is 1. The third-order valence-corrected chi connectivity index (χ3v) is 3.96. The van der Waals surface area contributed by atoms with Gasteiger partial charge in [-0.05, 0) is 36.6 Å². The number of fused-ring (bicyclic) bond motifs is 1. The molecule has 0 spiro atoms. The normalized spacial score (nSPS) is 10.8. The minimum Gasteiger partial charge on any atom is -0.370 e. The predicted molar refractivity (Wildman–Crippen MR) is 84.7 cm³/mol. The van der Waals surface area contributed by atoms with Gasteiger partial charge < -0.3 is 5.32 Å². The van der Waals surface area contributed by atoms with Crippen molar-refractivity contribution in [1.82, 2.24) is 9.97 Å². The number of aromatic nitrogens is 2. The summed E-state index contributed by atoms with van der Waals surface area (Å²) in [6.07, 6.45) is 0. The molecule has 3 aromatic rings. The molecule has 0 aliphatic carbocycles. The summed E-state index contributed by atoms with van der Waals surface area (Å²) in [5.41, 5.74) is 2.02. The van der Waals surface area contributed by atoms with Gasteiger partial charge in [-0.3, -0.25) is 0 Å². The molecule has 5 heteroatoms. The molecule has 0 fully saturated rings. The van der Waals surface area contributed by atoms with Crippen molar-refractivity contribution in [2.45, 2.75) is 6.92 Å². The van der Waals surface area contributed by atoms with Crippen LogP contribution in [0.2, 0.25) is 0 Å². The summed E-state index contributed by atoms with van der Waals surface area (Å²) in [6, 6.07) is 8.10. The molecule has 0 bridgehead atoms. The molecule has 1 aromatic carbocycles. The van der Waals surface area contributed by atoms with Gasteiger partial charge in [0.25, 0.3) is 0 Å². The fourth-order valence-electron chi connectivity index (χ4n) is 1.92. The molecule has 0 unspecified atom stereocenters. The summed E-state index contributed by atoms with van der Waals surface area (Å²) in [4.78, 5) is 9.27. The number of benzene rings is 1. The van der Waals surface area contributed by atoms with Gasteiger partial charge in [-0.1, -0.05) is 15.9 Å². The Bertz CT molecular complexity index is 710. The zero-order valence-electron chi connectivity index (χ0n) is 10.4. The summed E-state index contributed by atoms with van der Waals surface area (Å²) in [5, 5.41) is 8.45. The Balaban J connectivity index is 2.24. The molecule has 0 amide bonds. The second-order valence-electron chi connectivity index (χ2n) is 4.10. The van der Waals surface area contributed by atoms with Crippen LogP contribution in [0.5, 0.6) is 0 Å². The lowest BCUT2D eigenvalue weighted by Gasteiger charge is -2.09. The zero-order valence-corrected chi connectivity index (χ0v) is 12.8. The third-order valence-electron chi connectivity index (χ3n) is 2.78. The number of nitrogens with one attached hydrogen (secondary N) is 1. The highest BCUT2D eigenvalue weighted by molar-refractivity contribution is 9.10. The number of thiophene rings is 1. The van der Waals surface area contributed by atoms with E-state index in [1.54, 1.807) is 11.3 Å². The molecule has 0 aliphatic heterocycles. The molecule has 3 rings (SSSR count). The summed E-state index contributed by atoms with van der Waals surface area (Å²) in [7, 11) is 0. The van der Waals surface area contributed by atoms with Gasteiger partial charge in [0.15, 0.2) is 5.82 Å². The highest BCUT2D eigenvalue weighted by Gasteiger charge is 2.09. The number of hydrogen-bond donors (Lipinski definition) is 1. The van der Waals surface area contributed by atoms with Crippen LogP contribution in [0.3, 0.4) is 0 Å². The van der Waals surface area contributed by atoms with Crippen LogP contribution in [0.1, 0.15) is 6.92 Å². The molecule has 0 saturated heterocycles. The predicted octanol–water partition coefficient (Wildman–Crippen LogP) is 4.55. The van der Waals surface area contributed by atoms with Crippen molar-refractivity contribution in [3.8, 4) is 11.4 Å². The van der Waals surface area contributed by atoms with Gasteiger partial charge in [-0.25, -0.2) is 9.97 Å². The lowest BCUT2D eigenvalue weighted by Crippen LogP contribution is -2.02. The van der Waals surface area contributed by atoms with Gasteiger partial charge in [0.05, 0.1) is 5.52 Å². The first-order chi connectivity index (χ1) is 9.28. The van der Waals surface area contributed by atoms with Crippen molar-refractivity contribution in [2.24, 2.45) is 0 Å². The Morgan fingerprint density at radius 3 is 2.89 bits per heavy atom. The quantitative estimate of drug-likeness (QED) is 0.763. The molecule has 0 atom stereocenters. The van der Waals surface area contributed by atoms with Gasteiger partial charge >= 0.3 is 0 Å². The lowest BCUT2D eigenvalue weighted by molar-refractivity contribution is 1.15. The first kappa shape index (κ1) is 12.6. The molecule has 1 N–H and O–H groups in total. The standard InChI is InChI=1S/C14H12BrN3S/c1-2-16-14-11-7-10(15)3-4-12(11)17-13(18-14)9-5-6-19-8-9/h3-8H,2H2,1H3,(H,16,17,18). The Labute approximate surface area is 123 Å². The van der Waals surface area contributed by atoms with Gasteiger partial charge in [0.1, 0.15) is 5.82 Å². The van der Waals surface area contributed by atoms with E-state index < -0.39 is 0 Å². The SMILES string of the molecule is CCNc1nc(-c2ccsc2)nc2ccc(Br)cc12. The third kappa shape index (κ3) is 2.48. The van der Waals surface area contributed by atoms with Crippen LogP contribution in [0, 0.1) is 0 Å². The average Bonchev–Trinajstić information content (AvgIpc) is 2.93. The van der Waals surface area contributed by atoms with Gasteiger partial charge in [0, 0.05) is 27.3 Å². The van der Waals surface area contributed by atoms with Crippen molar-refractivity contribution < 1.29 is 0 Å². The smallest absolute Gasteiger partial charge is 0.162 e. The van der Waals surface area contributed by atoms with Crippen LogP contribution >= 0.6 is 27.3 Å². The molecule has 2 heterocycles. The monoisotopic (exact) mass is 333 g/mol. The van der Waals surface area contributed by atoms with E-state index in [1.807, 2.05) is 29.6 Å². The molecular formula is C14H12BrN3S. The van der Waals surface area contributed by atoms with Crippen LogP contribution in [-0.2, 0) is 0 Å². The van der Waals surface area contributed by atoms with E-state index >= 15 is 0 Å². The molecule has 0 radical (unpaired) electrons. The number of nitrogens with zero attached hydrogens (tertiary/aromatic N) is 2. The second kappa shape index (κ2) is 5.27. The average molecular weight is 334 g/mol. The van der Waals surface area contributed by atoms with Crippen LogP contribution in [0.25, 0.3) is 22.3 Å². The van der Waals surface area contributed by atoms with Gasteiger partial charge in [0.2, 0.25) is 0 Å². The van der Waals surface area contributed by atoms with Crippen LogP contribution in [-0.4, -0.2) is 16.5 Å². The molecule has 96 valence electrons. The van der Waals surface area contributed by atoms with E-state index in [-0.39, 0.29) is 0 Å². The molecule has 2 aromatic heterocycles. The number of anilines is 1. The first-order valence-electron chi connectivity index (χ1n) is 6.01. The van der Waals surface area contributed by atoms with E-state index in [4.69, 9.17) is 0 Å². The fraction of sp³-hybridized carbons (Fsp3) is 0.143. The minimum absolute atomic E-state index is 0.770. The zero-order chi connectivity index (χ0) is 13.2. The van der Waals surface area contributed by atoms with Crippen LogP contribution in [0.4, 0.5) is 5.82 Å². The van der Waals surface area contributed by atoms with E-state index in [0.717, 1.165) is 39.1 Å². The lowest BCUT2D eigenvalue weighted by atomic mass is 10.2. The summed E-state index contributed by atoms with van der Waals surface area (Å²) < 4.78 is 1.03. The molecule has 3 nitrogen and oxygen atoms in total. The minimum atomic E-state index is 0.770. The van der Waals surface area contributed by atoms with Gasteiger partial charge in [-0.2, -0.15) is 11.3 Å². The Morgan fingerprint density at radius 2 is 2.16 bits per heavy atom. The molecular weight excluding hydrogens is 322 g/mol. The number of rotatable bonds is 3. The first-order valence-corrected chi connectivity index (χ1v) is 7.75. The highest BCUT2D eigenvalue weighted by Crippen LogP contribution is 2.28. The van der Waals surface area contributed by atoms with E-state index in [1.165, 1.54) is 0 Å². The van der Waals surface area contributed by atoms with E-state index in [0.29, 0.717) is 0 Å². The summed E-state index contributed by atoms with van der Waals surface area (Å²) in [5.74, 6) is 1.65. The van der Waals surface area contributed by atoms with Crippen molar-refractivity contribution in [3.63, 3.8) is 0 Å².